The fraction of sp³-hybridized carbons (Fsp3) is 0.562. The van der Waals surface area contributed by atoms with E-state index in [9.17, 15) is 4.79 Å². The number of carbonyl (C=O) groups excluding carboxylic acids is 1. The van der Waals surface area contributed by atoms with E-state index in [0.717, 1.165) is 31.9 Å². The summed E-state index contributed by atoms with van der Waals surface area (Å²) in [5, 5.41) is 3.35. The smallest absolute Gasteiger partial charge is 0.248 e. The maximum Gasteiger partial charge on any atom is 0.248 e. The molecular weight excluding hydrogens is 250 g/mol. The summed E-state index contributed by atoms with van der Waals surface area (Å²) in [7, 11) is 1.89. The summed E-state index contributed by atoms with van der Waals surface area (Å²) in [5.74, 6) is 0.702. The molecule has 0 bridgehead atoms. The predicted octanol–water partition coefficient (Wildman–Crippen LogP) is 1.73. The van der Waals surface area contributed by atoms with E-state index in [1.807, 2.05) is 11.9 Å². The number of hydrogen-bond acceptors (Lipinski definition) is 3. The highest BCUT2D eigenvalue weighted by Crippen LogP contribution is 2.40. The number of hydrogen-bond donors (Lipinski definition) is 1. The first-order chi connectivity index (χ1) is 9.59. The molecule has 2 aliphatic rings. The number of benzene rings is 1. The van der Waals surface area contributed by atoms with Gasteiger partial charge in [-0.15, -0.1) is 0 Å². The average Bonchev–Trinajstić information content (AvgIpc) is 2.71. The van der Waals surface area contributed by atoms with Crippen LogP contribution in [-0.2, 0) is 4.79 Å². The third-order valence-corrected chi connectivity index (χ3v) is 4.46. The first-order valence-corrected chi connectivity index (χ1v) is 7.46. The molecule has 108 valence electrons. The van der Waals surface area contributed by atoms with E-state index in [4.69, 9.17) is 0 Å². The minimum Gasteiger partial charge on any atom is -0.314 e. The van der Waals surface area contributed by atoms with Gasteiger partial charge in [-0.05, 0) is 17.5 Å². The predicted molar refractivity (Wildman–Crippen MR) is 81.1 cm³/mol. The van der Waals surface area contributed by atoms with Gasteiger partial charge in [0.2, 0.25) is 5.91 Å². The summed E-state index contributed by atoms with van der Waals surface area (Å²) >= 11 is 0. The van der Waals surface area contributed by atoms with Gasteiger partial charge < -0.3 is 10.2 Å². The molecule has 0 spiro atoms. The van der Waals surface area contributed by atoms with Gasteiger partial charge in [0.25, 0.3) is 0 Å². The second-order valence-corrected chi connectivity index (χ2v) is 6.06. The van der Waals surface area contributed by atoms with Crippen LogP contribution in [-0.4, -0.2) is 44.0 Å². The van der Waals surface area contributed by atoms with Gasteiger partial charge in [-0.3, -0.25) is 9.69 Å². The summed E-state index contributed by atoms with van der Waals surface area (Å²) in [5.41, 5.74) is 3.57. The summed E-state index contributed by atoms with van der Waals surface area (Å²) in [6, 6.07) is 6.39. The molecule has 4 heteroatoms. The fourth-order valence-corrected chi connectivity index (χ4v) is 3.18. The number of rotatable bonds is 2. The minimum absolute atomic E-state index is 0.0872. The summed E-state index contributed by atoms with van der Waals surface area (Å²) < 4.78 is 0. The standard InChI is InChI=1S/C16H23N3O/c1-11(2)12-4-5-14-13(10-12)15(16(20)18(14)3)19-8-6-17-7-9-19/h4-5,10-11,15,17H,6-9H2,1-3H3. The van der Waals surface area contributed by atoms with E-state index in [1.165, 1.54) is 11.1 Å². The van der Waals surface area contributed by atoms with E-state index in [-0.39, 0.29) is 11.9 Å². The normalized spacial score (nSPS) is 23.5. The van der Waals surface area contributed by atoms with E-state index in [2.05, 4.69) is 42.3 Å². The molecule has 0 saturated carbocycles. The fourth-order valence-electron chi connectivity index (χ4n) is 3.18. The number of nitrogens with one attached hydrogen (secondary N) is 1. The van der Waals surface area contributed by atoms with Crippen molar-refractivity contribution in [2.75, 3.05) is 38.1 Å². The molecule has 1 amide bonds. The Morgan fingerprint density at radius 2 is 1.95 bits per heavy atom. The molecule has 0 radical (unpaired) electrons. The number of anilines is 1. The van der Waals surface area contributed by atoms with Crippen molar-refractivity contribution in [1.82, 2.24) is 10.2 Å². The molecule has 0 aliphatic carbocycles. The molecule has 1 aromatic carbocycles. The first kappa shape index (κ1) is 13.6. The second-order valence-electron chi connectivity index (χ2n) is 6.06. The number of amides is 1. The highest BCUT2D eigenvalue weighted by Gasteiger charge is 2.39. The van der Waals surface area contributed by atoms with Gasteiger partial charge in [0.1, 0.15) is 6.04 Å². The maximum absolute atomic E-state index is 12.6. The topological polar surface area (TPSA) is 35.6 Å². The van der Waals surface area contributed by atoms with Gasteiger partial charge in [0.15, 0.2) is 0 Å². The Morgan fingerprint density at radius 3 is 2.60 bits per heavy atom. The Labute approximate surface area is 120 Å². The molecule has 2 aliphatic heterocycles. The van der Waals surface area contributed by atoms with Crippen molar-refractivity contribution in [3.05, 3.63) is 29.3 Å². The number of likely N-dealkylation sites (N-methyl/N-ethyl adjacent to an activating group) is 1. The average molecular weight is 273 g/mol. The SMILES string of the molecule is CC(C)c1ccc2c(c1)C(N1CCNCC1)C(=O)N2C. The van der Waals surface area contributed by atoms with Crippen LogP contribution in [0, 0.1) is 0 Å². The van der Waals surface area contributed by atoms with Gasteiger partial charge in [-0.2, -0.15) is 0 Å². The lowest BCUT2D eigenvalue weighted by Gasteiger charge is -2.31. The number of fused-ring (bicyclic) bond motifs is 1. The summed E-state index contributed by atoms with van der Waals surface area (Å²) in [6.07, 6.45) is 0. The number of piperazine rings is 1. The molecule has 0 aromatic heterocycles. The van der Waals surface area contributed by atoms with Crippen molar-refractivity contribution in [3.8, 4) is 0 Å². The van der Waals surface area contributed by atoms with Crippen LogP contribution in [0.2, 0.25) is 0 Å². The molecule has 1 N–H and O–H groups in total. The molecule has 3 rings (SSSR count). The Hall–Kier alpha value is -1.39. The third-order valence-electron chi connectivity index (χ3n) is 4.46. The molecule has 20 heavy (non-hydrogen) atoms. The van der Waals surface area contributed by atoms with E-state index < -0.39 is 0 Å². The maximum atomic E-state index is 12.6. The molecule has 1 saturated heterocycles. The van der Waals surface area contributed by atoms with Gasteiger partial charge in [-0.1, -0.05) is 26.0 Å². The third kappa shape index (κ3) is 2.13. The number of carbonyl (C=O) groups is 1. The zero-order chi connectivity index (χ0) is 14.3. The van der Waals surface area contributed by atoms with Crippen molar-refractivity contribution in [1.29, 1.82) is 0 Å². The lowest BCUT2D eigenvalue weighted by molar-refractivity contribution is -0.123. The monoisotopic (exact) mass is 273 g/mol. The molecule has 1 fully saturated rings. The van der Waals surface area contributed by atoms with Crippen LogP contribution in [0.25, 0.3) is 0 Å². The number of nitrogens with zero attached hydrogens (tertiary/aromatic N) is 2. The van der Waals surface area contributed by atoms with E-state index in [0.29, 0.717) is 5.92 Å². The zero-order valence-electron chi connectivity index (χ0n) is 12.5. The van der Waals surface area contributed by atoms with Crippen LogP contribution in [0.3, 0.4) is 0 Å². The highest BCUT2D eigenvalue weighted by molar-refractivity contribution is 6.04. The van der Waals surface area contributed by atoms with Crippen molar-refractivity contribution in [3.63, 3.8) is 0 Å². The quantitative estimate of drug-likeness (QED) is 0.891. The summed E-state index contributed by atoms with van der Waals surface area (Å²) in [6.45, 7) is 8.20. The molecule has 1 unspecified atom stereocenters. The lowest BCUT2D eigenvalue weighted by atomic mass is 9.97. The van der Waals surface area contributed by atoms with Crippen LogP contribution in [0.4, 0.5) is 5.69 Å². The Bertz CT molecular complexity index is 520. The van der Waals surface area contributed by atoms with E-state index >= 15 is 0 Å². The minimum atomic E-state index is -0.0872. The van der Waals surface area contributed by atoms with Gasteiger partial charge >= 0.3 is 0 Å². The van der Waals surface area contributed by atoms with Crippen LogP contribution >= 0.6 is 0 Å². The highest BCUT2D eigenvalue weighted by atomic mass is 16.2. The van der Waals surface area contributed by atoms with Crippen LogP contribution in [0.1, 0.15) is 36.9 Å². The van der Waals surface area contributed by atoms with Gasteiger partial charge in [-0.25, -0.2) is 0 Å². The lowest BCUT2D eigenvalue weighted by Crippen LogP contribution is -2.47. The Kier molecular flexibility index (Phi) is 3.52. The van der Waals surface area contributed by atoms with Crippen LogP contribution in [0.15, 0.2) is 18.2 Å². The Balaban J connectivity index is 2.00. The zero-order valence-corrected chi connectivity index (χ0v) is 12.5. The second kappa shape index (κ2) is 5.19. The molecule has 1 atom stereocenters. The van der Waals surface area contributed by atoms with Crippen LogP contribution in [0.5, 0.6) is 0 Å². The largest absolute Gasteiger partial charge is 0.314 e. The molecular formula is C16H23N3O. The molecule has 4 nitrogen and oxygen atoms in total. The van der Waals surface area contributed by atoms with Crippen molar-refractivity contribution < 1.29 is 4.79 Å². The first-order valence-electron chi connectivity index (χ1n) is 7.46. The van der Waals surface area contributed by atoms with Crippen molar-refractivity contribution in [2.24, 2.45) is 0 Å². The van der Waals surface area contributed by atoms with Gasteiger partial charge in [0.05, 0.1) is 0 Å². The molecule has 2 heterocycles. The summed E-state index contributed by atoms with van der Waals surface area (Å²) in [4.78, 5) is 16.7. The van der Waals surface area contributed by atoms with E-state index in [1.54, 1.807) is 0 Å². The van der Waals surface area contributed by atoms with Gasteiger partial charge in [0, 0.05) is 44.5 Å². The van der Waals surface area contributed by atoms with Crippen LogP contribution < -0.4 is 10.2 Å². The van der Waals surface area contributed by atoms with Crippen molar-refractivity contribution in [2.45, 2.75) is 25.8 Å². The molecule has 1 aromatic rings. The Morgan fingerprint density at radius 1 is 1.25 bits per heavy atom. The van der Waals surface area contributed by atoms with Crippen molar-refractivity contribution >= 4 is 11.6 Å².